The lowest BCUT2D eigenvalue weighted by molar-refractivity contribution is -0.132. The fourth-order valence-electron chi connectivity index (χ4n) is 4.02. The Hall–Kier alpha value is -3.32. The first-order valence-corrected chi connectivity index (χ1v) is 10.3. The van der Waals surface area contributed by atoms with Crippen molar-refractivity contribution in [3.63, 3.8) is 0 Å². The van der Waals surface area contributed by atoms with E-state index in [9.17, 15) is 24.0 Å². The Bertz CT molecular complexity index is 1130. The molecule has 8 heteroatoms. The molecule has 3 amide bonds. The van der Waals surface area contributed by atoms with Gasteiger partial charge in [0.15, 0.2) is 5.78 Å². The van der Waals surface area contributed by atoms with E-state index in [1.807, 2.05) is 0 Å². The van der Waals surface area contributed by atoms with Crippen LogP contribution in [-0.2, 0) is 27.3 Å². The highest BCUT2D eigenvalue weighted by atomic mass is 35.5. The maximum absolute atomic E-state index is 13.1. The fourth-order valence-corrected chi connectivity index (χ4v) is 4.24. The second kappa shape index (κ2) is 8.43. The number of nitrogens with one attached hydrogen (secondary N) is 1. The van der Waals surface area contributed by atoms with Crippen LogP contribution in [0.25, 0.3) is 0 Å². The van der Waals surface area contributed by atoms with Gasteiger partial charge in [-0.15, -0.1) is 0 Å². The monoisotopic (exact) mass is 438 g/mol. The van der Waals surface area contributed by atoms with E-state index in [0.717, 1.165) is 10.5 Å². The lowest BCUT2D eigenvalue weighted by Crippen LogP contribution is -2.47. The number of hydrogen-bond donors (Lipinski definition) is 1. The van der Waals surface area contributed by atoms with Crippen molar-refractivity contribution in [2.24, 2.45) is 0 Å². The van der Waals surface area contributed by atoms with Crippen molar-refractivity contribution in [2.45, 2.75) is 38.3 Å². The summed E-state index contributed by atoms with van der Waals surface area (Å²) < 4.78 is 0. The van der Waals surface area contributed by atoms with Crippen molar-refractivity contribution in [2.75, 3.05) is 0 Å². The minimum absolute atomic E-state index is 0.0620. The Labute approximate surface area is 183 Å². The van der Waals surface area contributed by atoms with Crippen LogP contribution in [0, 0.1) is 0 Å². The summed E-state index contributed by atoms with van der Waals surface area (Å²) in [4.78, 5) is 63.0. The van der Waals surface area contributed by atoms with Crippen LogP contribution in [0.5, 0.6) is 0 Å². The molecule has 1 heterocycles. The maximum atomic E-state index is 13.1. The van der Waals surface area contributed by atoms with Gasteiger partial charge in [0.25, 0.3) is 11.8 Å². The van der Waals surface area contributed by atoms with Gasteiger partial charge in [0.05, 0.1) is 30.0 Å². The van der Waals surface area contributed by atoms with Gasteiger partial charge in [0.2, 0.25) is 5.91 Å². The van der Waals surface area contributed by atoms with Crippen molar-refractivity contribution in [3.05, 3.63) is 69.7 Å². The van der Waals surface area contributed by atoms with Crippen LogP contribution < -0.4 is 5.32 Å². The van der Waals surface area contributed by atoms with E-state index in [2.05, 4.69) is 5.32 Å². The predicted octanol–water partition coefficient (Wildman–Crippen LogP) is 2.49. The molecule has 2 aromatic carbocycles. The molecule has 2 aliphatic rings. The van der Waals surface area contributed by atoms with Gasteiger partial charge in [-0.2, -0.15) is 0 Å². The number of benzene rings is 2. The fraction of sp³-hybridized carbons (Fsp3) is 0.261. The number of ketones is 2. The van der Waals surface area contributed by atoms with Gasteiger partial charge in [-0.1, -0.05) is 35.9 Å². The van der Waals surface area contributed by atoms with E-state index in [1.165, 1.54) is 6.07 Å². The third kappa shape index (κ3) is 4.14. The number of carbonyl (C=O) groups excluding carboxylic acids is 5. The predicted molar refractivity (Wildman–Crippen MR) is 112 cm³/mol. The minimum atomic E-state index is -0.921. The molecule has 1 fully saturated rings. The Morgan fingerprint density at radius 2 is 1.84 bits per heavy atom. The van der Waals surface area contributed by atoms with E-state index in [-0.39, 0.29) is 55.0 Å². The van der Waals surface area contributed by atoms with Gasteiger partial charge in [-0.3, -0.25) is 28.9 Å². The quantitative estimate of drug-likeness (QED) is 0.571. The van der Waals surface area contributed by atoms with Gasteiger partial charge in [0.1, 0.15) is 5.78 Å². The van der Waals surface area contributed by atoms with Crippen LogP contribution in [-0.4, -0.2) is 40.2 Å². The molecular weight excluding hydrogens is 420 g/mol. The van der Waals surface area contributed by atoms with Crippen molar-refractivity contribution >= 4 is 40.9 Å². The standard InChI is InChI=1S/C23H19ClN2O5/c24-15-5-1-3-13(9-15)10-20(29)25-12-14-4-2-6-17-21(14)23(31)26(22(17)30)18-8-7-16(27)11-19(18)28/h1-6,9,18H,7-8,10-12H2,(H,25,29). The molecule has 158 valence electrons. The Morgan fingerprint density at radius 1 is 1.06 bits per heavy atom. The number of halogens is 1. The number of hydrogen-bond acceptors (Lipinski definition) is 5. The highest BCUT2D eigenvalue weighted by Crippen LogP contribution is 2.31. The summed E-state index contributed by atoms with van der Waals surface area (Å²) in [6, 6.07) is 10.9. The number of amides is 3. The first-order valence-electron chi connectivity index (χ1n) is 9.90. The molecule has 1 atom stereocenters. The molecule has 1 unspecified atom stereocenters. The summed E-state index contributed by atoms with van der Waals surface area (Å²) in [5.41, 5.74) is 1.65. The summed E-state index contributed by atoms with van der Waals surface area (Å²) in [6.07, 6.45) is 0.175. The third-order valence-corrected chi connectivity index (χ3v) is 5.75. The normalized spacial score (nSPS) is 18.4. The number of fused-ring (bicyclic) bond motifs is 1. The lowest BCUT2D eigenvalue weighted by atomic mass is 9.92. The first-order chi connectivity index (χ1) is 14.8. The van der Waals surface area contributed by atoms with Crippen molar-refractivity contribution in [1.29, 1.82) is 0 Å². The Morgan fingerprint density at radius 3 is 2.58 bits per heavy atom. The molecule has 1 saturated carbocycles. The molecule has 0 aromatic heterocycles. The molecule has 1 N–H and O–H groups in total. The van der Waals surface area contributed by atoms with Gasteiger partial charge in [-0.05, 0) is 35.7 Å². The van der Waals surface area contributed by atoms with Crippen molar-refractivity contribution in [3.8, 4) is 0 Å². The van der Waals surface area contributed by atoms with E-state index >= 15 is 0 Å². The average molecular weight is 439 g/mol. The topological polar surface area (TPSA) is 101 Å². The van der Waals surface area contributed by atoms with E-state index in [0.29, 0.717) is 10.6 Å². The van der Waals surface area contributed by atoms with Crippen LogP contribution in [0.3, 0.4) is 0 Å². The van der Waals surface area contributed by atoms with Crippen molar-refractivity contribution in [1.82, 2.24) is 10.2 Å². The van der Waals surface area contributed by atoms with Gasteiger partial charge in [-0.25, -0.2) is 0 Å². The molecule has 0 bridgehead atoms. The van der Waals surface area contributed by atoms with Crippen LogP contribution >= 0.6 is 11.6 Å². The Kier molecular flexibility index (Phi) is 5.69. The first kappa shape index (κ1) is 20.9. The summed E-state index contributed by atoms with van der Waals surface area (Å²) >= 11 is 5.94. The van der Waals surface area contributed by atoms with Gasteiger partial charge >= 0.3 is 0 Å². The largest absolute Gasteiger partial charge is 0.352 e. The molecule has 31 heavy (non-hydrogen) atoms. The molecule has 7 nitrogen and oxygen atoms in total. The Balaban J connectivity index is 1.50. The highest BCUT2D eigenvalue weighted by molar-refractivity contribution is 6.30. The number of imide groups is 1. The molecular formula is C23H19ClN2O5. The van der Waals surface area contributed by atoms with E-state index in [1.54, 1.807) is 36.4 Å². The van der Waals surface area contributed by atoms with Gasteiger partial charge in [0, 0.05) is 18.0 Å². The summed E-state index contributed by atoms with van der Waals surface area (Å²) in [5, 5.41) is 3.30. The summed E-state index contributed by atoms with van der Waals surface area (Å²) in [5.74, 6) is -1.95. The number of rotatable bonds is 5. The maximum Gasteiger partial charge on any atom is 0.262 e. The van der Waals surface area contributed by atoms with Crippen LogP contribution in [0.4, 0.5) is 0 Å². The summed E-state index contributed by atoms with van der Waals surface area (Å²) in [6.45, 7) is 0.0620. The van der Waals surface area contributed by atoms with E-state index in [4.69, 9.17) is 11.6 Å². The SMILES string of the molecule is O=C1CCC(N2C(=O)c3cccc(CNC(=O)Cc4cccc(Cl)c4)c3C2=O)C(=O)C1. The third-order valence-electron chi connectivity index (χ3n) is 5.51. The molecule has 0 radical (unpaired) electrons. The zero-order valence-corrected chi connectivity index (χ0v) is 17.3. The van der Waals surface area contributed by atoms with Crippen LogP contribution in [0.1, 0.15) is 51.1 Å². The average Bonchev–Trinajstić information content (AvgIpc) is 2.98. The minimum Gasteiger partial charge on any atom is -0.352 e. The van der Waals surface area contributed by atoms with Crippen LogP contribution in [0.2, 0.25) is 5.02 Å². The molecule has 0 spiro atoms. The van der Waals surface area contributed by atoms with Crippen molar-refractivity contribution < 1.29 is 24.0 Å². The number of nitrogens with zero attached hydrogens (tertiary/aromatic N) is 1. The second-order valence-electron chi connectivity index (χ2n) is 7.64. The molecule has 4 rings (SSSR count). The molecule has 1 aliphatic carbocycles. The summed E-state index contributed by atoms with van der Waals surface area (Å²) in [7, 11) is 0. The number of Topliss-reactive ketones (excluding diaryl/α,β-unsaturated/α-hetero) is 2. The molecule has 0 saturated heterocycles. The molecule has 2 aromatic rings. The molecule has 1 aliphatic heterocycles. The van der Waals surface area contributed by atoms with E-state index < -0.39 is 23.6 Å². The highest BCUT2D eigenvalue weighted by Gasteiger charge is 2.45. The van der Waals surface area contributed by atoms with Gasteiger partial charge < -0.3 is 5.32 Å². The zero-order valence-electron chi connectivity index (χ0n) is 16.5. The second-order valence-corrected chi connectivity index (χ2v) is 8.08. The smallest absolute Gasteiger partial charge is 0.262 e. The lowest BCUT2D eigenvalue weighted by Gasteiger charge is -2.27. The zero-order chi connectivity index (χ0) is 22.1. The number of carbonyl (C=O) groups is 5. The van der Waals surface area contributed by atoms with Crippen LogP contribution in [0.15, 0.2) is 42.5 Å².